The number of carbonyl (C=O) groups is 1. The molecule has 1 aliphatic carbocycles. The fraction of sp³-hybridized carbons (Fsp3) is 0.938. The molecule has 6 nitrogen and oxygen atoms in total. The predicted octanol–water partition coefficient (Wildman–Crippen LogP) is 1.59. The highest BCUT2D eigenvalue weighted by Gasteiger charge is 2.26. The van der Waals surface area contributed by atoms with Crippen LogP contribution in [0.3, 0.4) is 0 Å². The smallest absolute Gasteiger partial charge is 0.410 e. The summed E-state index contributed by atoms with van der Waals surface area (Å²) in [7, 11) is 1.63. The molecule has 22 heavy (non-hydrogen) atoms. The van der Waals surface area contributed by atoms with Gasteiger partial charge in [0.1, 0.15) is 5.60 Å². The van der Waals surface area contributed by atoms with Crippen molar-refractivity contribution in [3.05, 3.63) is 0 Å². The number of nitrogens with two attached hydrogens (primary N) is 1. The van der Waals surface area contributed by atoms with Crippen LogP contribution in [-0.4, -0.2) is 62.5 Å². The van der Waals surface area contributed by atoms with Crippen molar-refractivity contribution in [2.45, 2.75) is 51.7 Å². The summed E-state index contributed by atoms with van der Waals surface area (Å²) < 4.78 is 10.5. The van der Waals surface area contributed by atoms with Gasteiger partial charge >= 0.3 is 6.09 Å². The van der Waals surface area contributed by atoms with E-state index in [2.05, 4.69) is 5.32 Å². The zero-order chi connectivity index (χ0) is 16.6. The second-order valence-electron chi connectivity index (χ2n) is 6.95. The van der Waals surface area contributed by atoms with E-state index in [0.29, 0.717) is 31.7 Å². The van der Waals surface area contributed by atoms with Crippen LogP contribution in [0.4, 0.5) is 4.79 Å². The molecule has 0 heterocycles. The third-order valence-corrected chi connectivity index (χ3v) is 3.97. The summed E-state index contributed by atoms with van der Waals surface area (Å²) in [5.74, 6) is 0.564. The first-order chi connectivity index (χ1) is 10.4. The van der Waals surface area contributed by atoms with Gasteiger partial charge in [0.25, 0.3) is 0 Å². The van der Waals surface area contributed by atoms with E-state index in [-0.39, 0.29) is 6.09 Å². The Morgan fingerprint density at radius 2 is 2.05 bits per heavy atom. The molecule has 0 bridgehead atoms. The molecule has 0 aromatic rings. The van der Waals surface area contributed by atoms with Crippen LogP contribution >= 0.6 is 0 Å². The maximum atomic E-state index is 12.2. The molecule has 3 N–H and O–H groups in total. The lowest BCUT2D eigenvalue weighted by Crippen LogP contribution is -2.44. The summed E-state index contributed by atoms with van der Waals surface area (Å²) in [5.41, 5.74) is 5.32. The average molecular weight is 315 g/mol. The van der Waals surface area contributed by atoms with E-state index < -0.39 is 5.60 Å². The zero-order valence-electron chi connectivity index (χ0n) is 14.6. The van der Waals surface area contributed by atoms with Gasteiger partial charge in [-0.25, -0.2) is 4.79 Å². The number of nitrogens with zero attached hydrogens (tertiary/aromatic N) is 1. The number of hydrogen-bond donors (Lipinski definition) is 2. The highest BCUT2D eigenvalue weighted by molar-refractivity contribution is 5.68. The normalized spacial score (nSPS) is 21.9. The van der Waals surface area contributed by atoms with E-state index in [9.17, 15) is 4.79 Å². The van der Waals surface area contributed by atoms with Gasteiger partial charge in [0.2, 0.25) is 0 Å². The summed E-state index contributed by atoms with van der Waals surface area (Å²) in [5, 5.41) is 3.54. The summed E-state index contributed by atoms with van der Waals surface area (Å²) in [6.07, 6.45) is 3.33. The molecule has 1 rings (SSSR count). The van der Waals surface area contributed by atoms with Crippen molar-refractivity contribution in [2.24, 2.45) is 11.7 Å². The molecule has 2 unspecified atom stereocenters. The Hall–Kier alpha value is -0.850. The maximum Gasteiger partial charge on any atom is 0.410 e. The van der Waals surface area contributed by atoms with Gasteiger partial charge in [0, 0.05) is 32.8 Å². The van der Waals surface area contributed by atoms with Gasteiger partial charge in [0.05, 0.1) is 6.61 Å². The lowest BCUT2D eigenvalue weighted by atomic mass is 10.0. The SMILES string of the molecule is COCCN(CCNC1CCCC1CN)C(=O)OC(C)(C)C. The van der Waals surface area contributed by atoms with E-state index >= 15 is 0 Å². The van der Waals surface area contributed by atoms with Crippen LogP contribution in [0.15, 0.2) is 0 Å². The molecule has 130 valence electrons. The predicted molar refractivity (Wildman–Crippen MR) is 87.9 cm³/mol. The van der Waals surface area contributed by atoms with Gasteiger partial charge in [0.15, 0.2) is 0 Å². The molecule has 1 saturated carbocycles. The highest BCUT2D eigenvalue weighted by Crippen LogP contribution is 2.24. The second-order valence-corrected chi connectivity index (χ2v) is 6.95. The fourth-order valence-electron chi connectivity index (χ4n) is 2.79. The van der Waals surface area contributed by atoms with Gasteiger partial charge in [-0.2, -0.15) is 0 Å². The Kier molecular flexibility index (Phi) is 8.14. The summed E-state index contributed by atoms with van der Waals surface area (Å²) in [4.78, 5) is 13.9. The molecule has 0 aromatic carbocycles. The van der Waals surface area contributed by atoms with E-state index in [1.54, 1.807) is 12.0 Å². The summed E-state index contributed by atoms with van der Waals surface area (Å²) in [6, 6.07) is 0.480. The van der Waals surface area contributed by atoms with E-state index in [4.69, 9.17) is 15.2 Å². The first-order valence-corrected chi connectivity index (χ1v) is 8.27. The fourth-order valence-corrected chi connectivity index (χ4v) is 2.79. The van der Waals surface area contributed by atoms with Gasteiger partial charge in [-0.1, -0.05) is 6.42 Å². The topological polar surface area (TPSA) is 76.8 Å². The van der Waals surface area contributed by atoms with Crippen LogP contribution in [0.2, 0.25) is 0 Å². The van der Waals surface area contributed by atoms with Crippen LogP contribution < -0.4 is 11.1 Å². The maximum absolute atomic E-state index is 12.2. The number of ether oxygens (including phenoxy) is 2. The van der Waals surface area contributed by atoms with Crippen LogP contribution in [0.1, 0.15) is 40.0 Å². The van der Waals surface area contributed by atoms with Crippen molar-refractivity contribution in [3.8, 4) is 0 Å². The Bertz CT molecular complexity index is 331. The lowest BCUT2D eigenvalue weighted by molar-refractivity contribution is 0.0202. The molecule has 0 saturated heterocycles. The molecule has 6 heteroatoms. The Morgan fingerprint density at radius 1 is 1.32 bits per heavy atom. The minimum atomic E-state index is -0.480. The average Bonchev–Trinajstić information content (AvgIpc) is 2.88. The van der Waals surface area contributed by atoms with E-state index in [1.807, 2.05) is 20.8 Å². The molecular formula is C16H33N3O3. The van der Waals surface area contributed by atoms with Gasteiger partial charge in [-0.05, 0) is 46.1 Å². The second kappa shape index (κ2) is 9.33. The Morgan fingerprint density at radius 3 is 2.64 bits per heavy atom. The number of nitrogens with one attached hydrogen (secondary N) is 1. The summed E-state index contributed by atoms with van der Waals surface area (Å²) in [6.45, 7) is 8.78. The van der Waals surface area contributed by atoms with E-state index in [0.717, 1.165) is 13.1 Å². The van der Waals surface area contributed by atoms with Gasteiger partial charge < -0.3 is 25.4 Å². The first-order valence-electron chi connectivity index (χ1n) is 8.27. The van der Waals surface area contributed by atoms with Crippen LogP contribution in [0.5, 0.6) is 0 Å². The first kappa shape index (κ1) is 19.2. The van der Waals surface area contributed by atoms with Crippen molar-refractivity contribution in [1.29, 1.82) is 0 Å². The van der Waals surface area contributed by atoms with Gasteiger partial charge in [-0.15, -0.1) is 0 Å². The number of hydrogen-bond acceptors (Lipinski definition) is 5. The summed E-state index contributed by atoms with van der Waals surface area (Å²) >= 11 is 0. The molecule has 0 spiro atoms. The molecule has 0 radical (unpaired) electrons. The third kappa shape index (κ3) is 6.94. The number of methoxy groups -OCH3 is 1. The third-order valence-electron chi connectivity index (χ3n) is 3.97. The molecule has 1 fully saturated rings. The quantitative estimate of drug-likeness (QED) is 0.711. The van der Waals surface area contributed by atoms with Crippen LogP contribution in [0, 0.1) is 5.92 Å². The standard InChI is InChI=1S/C16H33N3O3/c1-16(2,3)22-15(20)19(10-11-21-4)9-8-18-14-7-5-6-13(14)12-17/h13-14,18H,5-12,17H2,1-4H3. The molecule has 0 aliphatic heterocycles. The lowest BCUT2D eigenvalue weighted by Gasteiger charge is -2.28. The Balaban J connectivity index is 2.42. The largest absolute Gasteiger partial charge is 0.444 e. The number of amides is 1. The monoisotopic (exact) mass is 315 g/mol. The number of rotatable bonds is 8. The minimum absolute atomic E-state index is 0.284. The van der Waals surface area contributed by atoms with Crippen molar-refractivity contribution < 1.29 is 14.3 Å². The molecule has 2 atom stereocenters. The Labute approximate surface area is 134 Å². The molecular weight excluding hydrogens is 282 g/mol. The van der Waals surface area contributed by atoms with Crippen molar-refractivity contribution in [3.63, 3.8) is 0 Å². The molecule has 0 aromatic heterocycles. The highest BCUT2D eigenvalue weighted by atomic mass is 16.6. The van der Waals surface area contributed by atoms with Crippen molar-refractivity contribution >= 4 is 6.09 Å². The van der Waals surface area contributed by atoms with Crippen LogP contribution in [-0.2, 0) is 9.47 Å². The minimum Gasteiger partial charge on any atom is -0.444 e. The van der Waals surface area contributed by atoms with Gasteiger partial charge in [-0.3, -0.25) is 0 Å². The molecule has 1 amide bonds. The zero-order valence-corrected chi connectivity index (χ0v) is 14.6. The molecule has 1 aliphatic rings. The van der Waals surface area contributed by atoms with E-state index in [1.165, 1.54) is 19.3 Å². The van der Waals surface area contributed by atoms with Crippen LogP contribution in [0.25, 0.3) is 0 Å². The van der Waals surface area contributed by atoms with Crippen molar-refractivity contribution in [2.75, 3.05) is 39.9 Å². The van der Waals surface area contributed by atoms with Crippen molar-refractivity contribution in [1.82, 2.24) is 10.2 Å². The number of carbonyl (C=O) groups excluding carboxylic acids is 1.